The van der Waals surface area contributed by atoms with Gasteiger partial charge in [-0.15, -0.1) is 0 Å². The van der Waals surface area contributed by atoms with E-state index in [1.165, 1.54) is 44.9 Å². The van der Waals surface area contributed by atoms with Crippen molar-refractivity contribution in [1.82, 2.24) is 10.2 Å². The fraction of sp³-hybridized carbons (Fsp3) is 0.938. The highest BCUT2D eigenvalue weighted by atomic mass is 16.2. The number of amides is 1. The molecule has 1 saturated carbocycles. The van der Waals surface area contributed by atoms with Crippen LogP contribution in [0, 0.1) is 5.92 Å². The smallest absolute Gasteiger partial charge is 0.239 e. The minimum atomic E-state index is 0.117. The Balaban J connectivity index is 1.61. The van der Waals surface area contributed by atoms with Crippen LogP contribution in [-0.4, -0.2) is 35.5 Å². The van der Waals surface area contributed by atoms with Gasteiger partial charge >= 0.3 is 0 Å². The molecule has 0 aromatic rings. The fourth-order valence-electron chi connectivity index (χ4n) is 4.44. The highest BCUT2D eigenvalue weighted by Gasteiger charge is 2.38. The van der Waals surface area contributed by atoms with Crippen LogP contribution in [0.5, 0.6) is 0 Å². The zero-order valence-corrected chi connectivity index (χ0v) is 12.2. The Labute approximate surface area is 117 Å². The summed E-state index contributed by atoms with van der Waals surface area (Å²) in [6.45, 7) is 3.20. The fourth-order valence-corrected chi connectivity index (χ4v) is 4.44. The molecule has 4 atom stereocenters. The highest BCUT2D eigenvalue weighted by Crippen LogP contribution is 2.33. The third-order valence-corrected chi connectivity index (χ3v) is 5.58. The zero-order chi connectivity index (χ0) is 13.2. The normalized spacial score (nSPS) is 39.1. The Bertz CT molecular complexity index is 331. The van der Waals surface area contributed by atoms with Gasteiger partial charge in [0.2, 0.25) is 5.91 Å². The molecule has 2 aliphatic heterocycles. The third-order valence-electron chi connectivity index (χ3n) is 5.58. The van der Waals surface area contributed by atoms with Crippen LogP contribution in [0.4, 0.5) is 0 Å². The SMILES string of the molecule is CCC1CCCN1C(=O)C1CCC2CCCCC2N1. The second kappa shape index (κ2) is 5.82. The standard InChI is InChI=1S/C16H28N2O/c1-2-13-7-5-11-18(13)16(19)15-10-9-12-6-3-4-8-14(12)17-15/h12-15,17H,2-11H2,1H3. The van der Waals surface area contributed by atoms with Crippen LogP contribution in [0.15, 0.2) is 0 Å². The van der Waals surface area contributed by atoms with Gasteiger partial charge in [-0.1, -0.05) is 19.8 Å². The molecule has 2 saturated heterocycles. The van der Waals surface area contributed by atoms with E-state index in [0.29, 0.717) is 18.0 Å². The molecule has 0 bridgehead atoms. The molecule has 0 aromatic carbocycles. The van der Waals surface area contributed by atoms with Gasteiger partial charge in [0.1, 0.15) is 0 Å². The van der Waals surface area contributed by atoms with Gasteiger partial charge in [-0.25, -0.2) is 0 Å². The molecule has 0 spiro atoms. The molecule has 108 valence electrons. The van der Waals surface area contributed by atoms with Gasteiger partial charge in [-0.05, 0) is 50.9 Å². The average Bonchev–Trinajstić information content (AvgIpc) is 2.94. The maximum atomic E-state index is 12.7. The molecule has 19 heavy (non-hydrogen) atoms. The van der Waals surface area contributed by atoms with Crippen molar-refractivity contribution in [3.8, 4) is 0 Å². The monoisotopic (exact) mass is 264 g/mol. The lowest BCUT2D eigenvalue weighted by atomic mass is 9.77. The number of carbonyl (C=O) groups excluding carboxylic acids is 1. The van der Waals surface area contributed by atoms with E-state index in [9.17, 15) is 4.79 Å². The number of fused-ring (bicyclic) bond motifs is 1. The second-order valence-corrected chi connectivity index (χ2v) is 6.68. The van der Waals surface area contributed by atoms with Crippen LogP contribution in [0.3, 0.4) is 0 Å². The van der Waals surface area contributed by atoms with Gasteiger partial charge in [-0.3, -0.25) is 4.79 Å². The number of nitrogens with one attached hydrogen (secondary N) is 1. The predicted molar refractivity (Wildman–Crippen MR) is 76.9 cm³/mol. The zero-order valence-electron chi connectivity index (χ0n) is 12.2. The summed E-state index contributed by atoms with van der Waals surface area (Å²) in [5.41, 5.74) is 0. The molecule has 3 heteroatoms. The summed E-state index contributed by atoms with van der Waals surface area (Å²) in [5.74, 6) is 1.24. The number of piperidine rings is 1. The number of hydrogen-bond donors (Lipinski definition) is 1. The van der Waals surface area contributed by atoms with E-state index in [1.54, 1.807) is 0 Å². The first kappa shape index (κ1) is 13.4. The summed E-state index contributed by atoms with van der Waals surface area (Å²) in [4.78, 5) is 14.9. The molecule has 1 aliphatic carbocycles. The number of rotatable bonds is 2. The van der Waals surface area contributed by atoms with E-state index in [0.717, 1.165) is 25.3 Å². The number of hydrogen-bond acceptors (Lipinski definition) is 2. The van der Waals surface area contributed by atoms with Crippen molar-refractivity contribution in [2.75, 3.05) is 6.54 Å². The first-order valence-corrected chi connectivity index (χ1v) is 8.36. The van der Waals surface area contributed by atoms with Crippen LogP contribution < -0.4 is 5.32 Å². The molecule has 0 radical (unpaired) electrons. The first-order chi connectivity index (χ1) is 9.29. The van der Waals surface area contributed by atoms with E-state index in [-0.39, 0.29) is 6.04 Å². The van der Waals surface area contributed by atoms with Gasteiger partial charge in [-0.2, -0.15) is 0 Å². The number of nitrogens with zero attached hydrogens (tertiary/aromatic N) is 1. The van der Waals surface area contributed by atoms with E-state index < -0.39 is 0 Å². The maximum Gasteiger partial charge on any atom is 0.239 e. The molecule has 1 N–H and O–H groups in total. The van der Waals surface area contributed by atoms with Crippen LogP contribution >= 0.6 is 0 Å². The molecule has 3 rings (SSSR count). The summed E-state index contributed by atoms with van der Waals surface area (Å²) in [6.07, 6.45) is 11.2. The van der Waals surface area contributed by atoms with Crippen LogP contribution in [-0.2, 0) is 4.79 Å². The summed E-state index contributed by atoms with van der Waals surface area (Å²) in [7, 11) is 0. The van der Waals surface area contributed by atoms with Crippen molar-refractivity contribution in [2.45, 2.75) is 82.8 Å². The van der Waals surface area contributed by atoms with Crippen molar-refractivity contribution in [3.63, 3.8) is 0 Å². The van der Waals surface area contributed by atoms with Gasteiger partial charge in [0.05, 0.1) is 6.04 Å². The number of likely N-dealkylation sites (tertiary alicyclic amines) is 1. The average molecular weight is 264 g/mol. The molecule has 3 fully saturated rings. The van der Waals surface area contributed by atoms with Crippen molar-refractivity contribution in [1.29, 1.82) is 0 Å². The lowest BCUT2D eigenvalue weighted by Crippen LogP contribution is -2.56. The van der Waals surface area contributed by atoms with E-state index >= 15 is 0 Å². The Kier molecular flexibility index (Phi) is 4.11. The first-order valence-electron chi connectivity index (χ1n) is 8.36. The van der Waals surface area contributed by atoms with E-state index in [4.69, 9.17) is 0 Å². The Morgan fingerprint density at radius 3 is 2.79 bits per heavy atom. The lowest BCUT2D eigenvalue weighted by molar-refractivity contribution is -0.135. The summed E-state index contributed by atoms with van der Waals surface area (Å²) >= 11 is 0. The second-order valence-electron chi connectivity index (χ2n) is 6.68. The molecule has 2 heterocycles. The molecule has 1 amide bonds. The molecule has 4 unspecified atom stereocenters. The van der Waals surface area contributed by atoms with E-state index in [2.05, 4.69) is 17.1 Å². The quantitative estimate of drug-likeness (QED) is 0.831. The van der Waals surface area contributed by atoms with Crippen LogP contribution in [0.2, 0.25) is 0 Å². The molecule has 3 aliphatic rings. The Morgan fingerprint density at radius 2 is 1.95 bits per heavy atom. The maximum absolute atomic E-state index is 12.7. The van der Waals surface area contributed by atoms with Crippen LogP contribution in [0.25, 0.3) is 0 Å². The van der Waals surface area contributed by atoms with Crippen LogP contribution in [0.1, 0.15) is 64.7 Å². The van der Waals surface area contributed by atoms with Crippen molar-refractivity contribution < 1.29 is 4.79 Å². The van der Waals surface area contributed by atoms with E-state index in [1.807, 2.05) is 0 Å². The third kappa shape index (κ3) is 2.67. The molecular formula is C16H28N2O. The van der Waals surface area contributed by atoms with Gasteiger partial charge < -0.3 is 10.2 Å². The van der Waals surface area contributed by atoms with Gasteiger partial charge in [0, 0.05) is 18.6 Å². The van der Waals surface area contributed by atoms with Gasteiger partial charge in [0.15, 0.2) is 0 Å². The van der Waals surface area contributed by atoms with Crippen molar-refractivity contribution >= 4 is 5.91 Å². The number of carbonyl (C=O) groups is 1. The van der Waals surface area contributed by atoms with Gasteiger partial charge in [0.25, 0.3) is 0 Å². The molecule has 3 nitrogen and oxygen atoms in total. The van der Waals surface area contributed by atoms with Crippen molar-refractivity contribution in [3.05, 3.63) is 0 Å². The highest BCUT2D eigenvalue weighted by molar-refractivity contribution is 5.82. The summed E-state index contributed by atoms with van der Waals surface area (Å²) in [5, 5.41) is 3.69. The van der Waals surface area contributed by atoms with Crippen molar-refractivity contribution in [2.24, 2.45) is 5.92 Å². The lowest BCUT2D eigenvalue weighted by Gasteiger charge is -2.41. The minimum absolute atomic E-state index is 0.117. The molecule has 0 aromatic heterocycles. The summed E-state index contributed by atoms with van der Waals surface area (Å²) in [6, 6.07) is 1.25. The Hall–Kier alpha value is -0.570. The predicted octanol–water partition coefficient (Wildman–Crippen LogP) is 2.70. The molecular weight excluding hydrogens is 236 g/mol. The summed E-state index contributed by atoms with van der Waals surface area (Å²) < 4.78 is 0. The largest absolute Gasteiger partial charge is 0.338 e. The minimum Gasteiger partial charge on any atom is -0.338 e. The Morgan fingerprint density at radius 1 is 1.11 bits per heavy atom. The topological polar surface area (TPSA) is 32.3 Å².